The third kappa shape index (κ3) is 5.89. The number of hydrogen-bond acceptors (Lipinski definition) is 7. The van der Waals surface area contributed by atoms with Crippen molar-refractivity contribution in [3.05, 3.63) is 23.8 Å². The summed E-state index contributed by atoms with van der Waals surface area (Å²) in [6, 6.07) is 5.21. The SMILES string of the molecule is CCOP(=O)(COS(=O)(=O)c1c(C)cccc1SCC)OCC. The molecule has 0 aromatic heterocycles. The molecule has 1 aromatic rings. The standard InChI is InChI=1S/C14H23O6PS2/c1-5-18-21(15,19-6-2)11-20-23(16,17)14-12(4)9-8-10-13(14)22-7-3/h8-10H,5-7,11H2,1-4H3. The summed E-state index contributed by atoms with van der Waals surface area (Å²) < 4.78 is 52.5. The van der Waals surface area contributed by atoms with Gasteiger partial charge in [0, 0.05) is 4.90 Å². The lowest BCUT2D eigenvalue weighted by molar-refractivity contribution is 0.198. The van der Waals surface area contributed by atoms with Gasteiger partial charge in [0.25, 0.3) is 10.1 Å². The Balaban J connectivity index is 3.06. The molecule has 0 radical (unpaired) electrons. The molecule has 132 valence electrons. The van der Waals surface area contributed by atoms with Crippen molar-refractivity contribution in [3.8, 4) is 0 Å². The van der Waals surface area contributed by atoms with Gasteiger partial charge in [-0.25, -0.2) is 0 Å². The van der Waals surface area contributed by atoms with Crippen molar-refractivity contribution in [1.82, 2.24) is 0 Å². The maximum absolute atomic E-state index is 12.5. The highest BCUT2D eigenvalue weighted by Gasteiger charge is 2.30. The van der Waals surface area contributed by atoms with Crippen LogP contribution < -0.4 is 0 Å². The second kappa shape index (κ2) is 9.20. The molecule has 0 fully saturated rings. The maximum atomic E-state index is 12.5. The number of hydrogen-bond donors (Lipinski definition) is 0. The first-order chi connectivity index (χ1) is 10.8. The van der Waals surface area contributed by atoms with Crippen LogP contribution in [0.5, 0.6) is 0 Å². The first-order valence-electron chi connectivity index (χ1n) is 7.29. The largest absolute Gasteiger partial charge is 0.357 e. The van der Waals surface area contributed by atoms with Crippen molar-refractivity contribution >= 4 is 29.5 Å². The van der Waals surface area contributed by atoms with Gasteiger partial charge in [0.05, 0.1) is 13.2 Å². The number of rotatable bonds is 10. The van der Waals surface area contributed by atoms with Gasteiger partial charge in [0.2, 0.25) is 0 Å². The van der Waals surface area contributed by atoms with E-state index in [2.05, 4.69) is 0 Å². The summed E-state index contributed by atoms with van der Waals surface area (Å²) in [6.07, 6.45) is -0.637. The summed E-state index contributed by atoms with van der Waals surface area (Å²) in [5, 5.41) is 0. The predicted molar refractivity (Wildman–Crippen MR) is 91.6 cm³/mol. The van der Waals surface area contributed by atoms with E-state index in [-0.39, 0.29) is 18.1 Å². The van der Waals surface area contributed by atoms with E-state index in [0.717, 1.165) is 5.75 Å². The summed E-state index contributed by atoms with van der Waals surface area (Å²) in [6.45, 7) is 7.21. The van der Waals surface area contributed by atoms with Gasteiger partial charge < -0.3 is 9.05 Å². The monoisotopic (exact) mass is 382 g/mol. The minimum absolute atomic E-state index is 0.103. The summed E-state index contributed by atoms with van der Waals surface area (Å²) >= 11 is 1.41. The first-order valence-corrected chi connectivity index (χ1v) is 11.4. The van der Waals surface area contributed by atoms with Crippen LogP contribution in [-0.4, -0.2) is 33.7 Å². The molecule has 1 rings (SSSR count). The summed E-state index contributed by atoms with van der Waals surface area (Å²) in [4.78, 5) is 0.710. The Labute approximate surface area is 142 Å². The van der Waals surface area contributed by atoms with Gasteiger partial charge >= 0.3 is 7.60 Å². The molecular weight excluding hydrogens is 359 g/mol. The minimum atomic E-state index is -4.07. The lowest BCUT2D eigenvalue weighted by Gasteiger charge is -2.18. The van der Waals surface area contributed by atoms with Gasteiger partial charge in [-0.1, -0.05) is 19.1 Å². The minimum Gasteiger partial charge on any atom is -0.307 e. The molecule has 0 heterocycles. The zero-order valence-electron chi connectivity index (χ0n) is 13.8. The van der Waals surface area contributed by atoms with Crippen molar-refractivity contribution < 1.29 is 26.2 Å². The van der Waals surface area contributed by atoms with Crippen LogP contribution in [0.25, 0.3) is 0 Å². The van der Waals surface area contributed by atoms with E-state index >= 15 is 0 Å². The normalized spacial score (nSPS) is 12.5. The van der Waals surface area contributed by atoms with E-state index in [9.17, 15) is 13.0 Å². The highest BCUT2D eigenvalue weighted by Crippen LogP contribution is 2.48. The Morgan fingerprint density at radius 1 is 1.13 bits per heavy atom. The summed E-state index contributed by atoms with van der Waals surface area (Å²) in [5.74, 6) is 0.725. The van der Waals surface area contributed by atoms with E-state index < -0.39 is 24.1 Å². The quantitative estimate of drug-likeness (QED) is 0.343. The lowest BCUT2D eigenvalue weighted by Crippen LogP contribution is -2.12. The van der Waals surface area contributed by atoms with Gasteiger partial charge in [-0.3, -0.25) is 8.75 Å². The molecule has 0 aliphatic rings. The Hall–Kier alpha value is -0.370. The third-order valence-corrected chi connectivity index (χ3v) is 7.21. The molecular formula is C14H23O6PS2. The molecule has 0 bridgehead atoms. The van der Waals surface area contributed by atoms with E-state index in [0.29, 0.717) is 10.5 Å². The number of thioether (sulfide) groups is 1. The molecule has 1 aromatic carbocycles. The van der Waals surface area contributed by atoms with E-state index in [1.165, 1.54) is 11.8 Å². The van der Waals surface area contributed by atoms with Crippen LogP contribution in [0.4, 0.5) is 0 Å². The topological polar surface area (TPSA) is 78.9 Å². The molecule has 0 atom stereocenters. The summed E-state index contributed by atoms with van der Waals surface area (Å²) in [7, 11) is -7.66. The molecule has 0 saturated heterocycles. The average molecular weight is 382 g/mol. The lowest BCUT2D eigenvalue weighted by atomic mass is 10.2. The van der Waals surface area contributed by atoms with Crippen molar-refractivity contribution in [2.75, 3.05) is 25.3 Å². The van der Waals surface area contributed by atoms with Gasteiger partial charge in [-0.15, -0.1) is 11.8 Å². The van der Waals surface area contributed by atoms with Crippen LogP contribution in [0.2, 0.25) is 0 Å². The van der Waals surface area contributed by atoms with Crippen molar-refractivity contribution in [1.29, 1.82) is 0 Å². The molecule has 0 aliphatic carbocycles. The van der Waals surface area contributed by atoms with Crippen molar-refractivity contribution in [2.24, 2.45) is 0 Å². The van der Waals surface area contributed by atoms with E-state index in [1.54, 1.807) is 39.0 Å². The molecule has 0 aliphatic heterocycles. The van der Waals surface area contributed by atoms with E-state index in [1.807, 2.05) is 6.92 Å². The van der Waals surface area contributed by atoms with Crippen LogP contribution >= 0.6 is 19.4 Å². The average Bonchev–Trinajstić information content (AvgIpc) is 2.46. The summed E-state index contributed by atoms with van der Waals surface area (Å²) in [5.41, 5.74) is 0.575. The smallest absolute Gasteiger partial charge is 0.307 e. The molecule has 0 N–H and O–H groups in total. The maximum Gasteiger partial charge on any atom is 0.357 e. The zero-order chi connectivity index (χ0) is 17.5. The molecule has 0 spiro atoms. The fourth-order valence-electron chi connectivity index (χ4n) is 1.91. The molecule has 23 heavy (non-hydrogen) atoms. The highest BCUT2D eigenvalue weighted by molar-refractivity contribution is 8.00. The third-order valence-electron chi connectivity index (χ3n) is 2.74. The first kappa shape index (κ1) is 20.7. The predicted octanol–water partition coefficient (Wildman–Crippen LogP) is 4.04. The Bertz CT molecular complexity index is 649. The fourth-order valence-corrected chi connectivity index (χ4v) is 6.15. The highest BCUT2D eigenvalue weighted by atomic mass is 32.2. The molecule has 6 nitrogen and oxygen atoms in total. The second-order valence-corrected chi connectivity index (χ2v) is 9.34. The zero-order valence-corrected chi connectivity index (χ0v) is 16.3. The number of aryl methyl sites for hydroxylation is 1. The van der Waals surface area contributed by atoms with Crippen LogP contribution in [0, 0.1) is 6.92 Å². The Kier molecular flexibility index (Phi) is 8.27. The van der Waals surface area contributed by atoms with Gasteiger partial charge in [0.1, 0.15) is 4.90 Å². The molecule has 9 heteroatoms. The van der Waals surface area contributed by atoms with Crippen molar-refractivity contribution in [3.63, 3.8) is 0 Å². The van der Waals surface area contributed by atoms with Gasteiger partial charge in [-0.05, 0) is 38.2 Å². The molecule has 0 saturated carbocycles. The van der Waals surface area contributed by atoms with Crippen LogP contribution in [-0.2, 0) is 27.9 Å². The number of benzene rings is 1. The Morgan fingerprint density at radius 3 is 2.26 bits per heavy atom. The van der Waals surface area contributed by atoms with Gasteiger partial charge in [-0.2, -0.15) is 8.42 Å². The van der Waals surface area contributed by atoms with Crippen LogP contribution in [0.1, 0.15) is 26.3 Å². The second-order valence-electron chi connectivity index (χ2n) is 4.48. The molecule has 0 unspecified atom stereocenters. The fraction of sp³-hybridized carbons (Fsp3) is 0.571. The van der Waals surface area contributed by atoms with Crippen molar-refractivity contribution in [2.45, 2.75) is 37.5 Å². The van der Waals surface area contributed by atoms with Crippen LogP contribution in [0.15, 0.2) is 28.0 Å². The Morgan fingerprint density at radius 2 is 1.74 bits per heavy atom. The van der Waals surface area contributed by atoms with Gasteiger partial charge in [0.15, 0.2) is 6.35 Å². The van der Waals surface area contributed by atoms with E-state index in [4.69, 9.17) is 13.2 Å². The molecule has 0 amide bonds. The van der Waals surface area contributed by atoms with Crippen LogP contribution in [0.3, 0.4) is 0 Å².